The number of nitro groups is 1. The van der Waals surface area contributed by atoms with Crippen molar-refractivity contribution >= 4 is 23.2 Å². The van der Waals surface area contributed by atoms with Crippen LogP contribution in [0.2, 0.25) is 5.02 Å². The molecule has 7 nitrogen and oxygen atoms in total. The summed E-state index contributed by atoms with van der Waals surface area (Å²) in [4.78, 5) is 25.0. The molecule has 1 aromatic carbocycles. The van der Waals surface area contributed by atoms with E-state index in [1.54, 1.807) is 17.9 Å². The number of hydrogen-bond donors (Lipinski definition) is 0. The lowest BCUT2D eigenvalue weighted by molar-refractivity contribution is -0.386. The smallest absolute Gasteiger partial charge is 0.312 e. The summed E-state index contributed by atoms with van der Waals surface area (Å²) in [5.74, 6) is -0.731. The number of carbonyl (C=O) groups excluding carboxylic acids is 1. The van der Waals surface area contributed by atoms with E-state index in [4.69, 9.17) is 11.6 Å². The highest BCUT2D eigenvalue weighted by Crippen LogP contribution is 2.31. The Morgan fingerprint density at radius 2 is 2.15 bits per heavy atom. The van der Waals surface area contributed by atoms with Gasteiger partial charge in [0.15, 0.2) is 0 Å². The van der Waals surface area contributed by atoms with Gasteiger partial charge in [-0.2, -0.15) is 5.10 Å². The van der Waals surface area contributed by atoms with Crippen molar-refractivity contribution in [2.24, 2.45) is 0 Å². The standard InChI is InChI=1S/C17H18ClFN4O3/c1-10-17(23(25)26)11(2)22(20-10)9-16(24)21(12-6-7-12)8-13-14(18)4-3-5-15(13)19/h3-5,12H,6-9H2,1-2H3. The summed E-state index contributed by atoms with van der Waals surface area (Å²) in [6.45, 7) is 3.02. The molecule has 1 amide bonds. The fraction of sp³-hybridized carbons (Fsp3) is 0.412. The molecular formula is C17H18ClFN4O3. The van der Waals surface area contributed by atoms with Crippen molar-refractivity contribution in [1.82, 2.24) is 14.7 Å². The van der Waals surface area contributed by atoms with Crippen molar-refractivity contribution in [3.63, 3.8) is 0 Å². The molecule has 1 aliphatic carbocycles. The molecule has 138 valence electrons. The molecule has 0 atom stereocenters. The highest BCUT2D eigenvalue weighted by molar-refractivity contribution is 6.31. The number of amides is 1. The normalized spacial score (nSPS) is 13.7. The average Bonchev–Trinajstić information content (AvgIpc) is 3.34. The molecule has 1 saturated carbocycles. The molecule has 1 aromatic heterocycles. The van der Waals surface area contributed by atoms with Crippen LogP contribution in [0.15, 0.2) is 18.2 Å². The molecule has 26 heavy (non-hydrogen) atoms. The minimum atomic E-state index is -0.504. The highest BCUT2D eigenvalue weighted by Gasteiger charge is 2.34. The molecule has 0 N–H and O–H groups in total. The van der Waals surface area contributed by atoms with Crippen molar-refractivity contribution < 1.29 is 14.1 Å². The van der Waals surface area contributed by atoms with Gasteiger partial charge in [0, 0.05) is 16.6 Å². The molecule has 1 aliphatic rings. The first-order valence-electron chi connectivity index (χ1n) is 8.20. The maximum absolute atomic E-state index is 14.1. The summed E-state index contributed by atoms with van der Waals surface area (Å²) in [5.41, 5.74) is 0.762. The SMILES string of the molecule is Cc1nn(CC(=O)N(Cc2c(F)cccc2Cl)C2CC2)c(C)c1[N+](=O)[O-]. The minimum absolute atomic E-state index is 0.0325. The third-order valence-electron chi connectivity index (χ3n) is 4.51. The van der Waals surface area contributed by atoms with Crippen LogP contribution in [0.5, 0.6) is 0 Å². The largest absolute Gasteiger partial charge is 0.334 e. The van der Waals surface area contributed by atoms with E-state index in [0.717, 1.165) is 12.8 Å². The molecule has 3 rings (SSSR count). The van der Waals surface area contributed by atoms with Crippen LogP contribution in [-0.2, 0) is 17.9 Å². The van der Waals surface area contributed by atoms with E-state index < -0.39 is 10.7 Å². The first-order chi connectivity index (χ1) is 12.3. The van der Waals surface area contributed by atoms with Gasteiger partial charge < -0.3 is 4.90 Å². The maximum Gasteiger partial charge on any atom is 0.312 e. The quantitative estimate of drug-likeness (QED) is 0.568. The van der Waals surface area contributed by atoms with Crippen LogP contribution in [0.1, 0.15) is 29.8 Å². The van der Waals surface area contributed by atoms with Gasteiger partial charge in [-0.25, -0.2) is 4.39 Å². The fourth-order valence-electron chi connectivity index (χ4n) is 2.99. The van der Waals surface area contributed by atoms with E-state index in [1.165, 1.54) is 23.7 Å². The Morgan fingerprint density at radius 1 is 1.46 bits per heavy atom. The molecule has 0 radical (unpaired) electrons. The topological polar surface area (TPSA) is 81.3 Å². The second-order valence-electron chi connectivity index (χ2n) is 6.39. The lowest BCUT2D eigenvalue weighted by atomic mass is 10.2. The fourth-order valence-corrected chi connectivity index (χ4v) is 3.21. The van der Waals surface area contributed by atoms with Gasteiger partial charge >= 0.3 is 5.69 Å². The third kappa shape index (κ3) is 3.55. The van der Waals surface area contributed by atoms with Crippen molar-refractivity contribution in [2.45, 2.75) is 45.8 Å². The predicted octanol–water partition coefficient (Wildman–Crippen LogP) is 3.39. The van der Waals surface area contributed by atoms with Gasteiger partial charge in [-0.05, 0) is 38.8 Å². The monoisotopic (exact) mass is 380 g/mol. The summed E-state index contributed by atoms with van der Waals surface area (Å²) < 4.78 is 15.4. The Morgan fingerprint density at radius 3 is 2.69 bits per heavy atom. The molecule has 2 aromatic rings. The maximum atomic E-state index is 14.1. The molecule has 1 heterocycles. The first kappa shape index (κ1) is 18.3. The van der Waals surface area contributed by atoms with Gasteiger partial charge in [0.05, 0.1) is 11.5 Å². The van der Waals surface area contributed by atoms with Crippen LogP contribution < -0.4 is 0 Å². The summed E-state index contributed by atoms with van der Waals surface area (Å²) in [7, 11) is 0. The van der Waals surface area contributed by atoms with Crippen LogP contribution >= 0.6 is 11.6 Å². The number of hydrogen-bond acceptors (Lipinski definition) is 4. The number of rotatable bonds is 6. The Labute approximate surface area is 154 Å². The molecule has 0 spiro atoms. The number of nitrogens with zero attached hydrogens (tertiary/aromatic N) is 4. The number of carbonyl (C=O) groups is 1. The molecule has 0 aliphatic heterocycles. The Kier molecular flexibility index (Phi) is 4.95. The van der Waals surface area contributed by atoms with Gasteiger partial charge in [-0.15, -0.1) is 0 Å². The lowest BCUT2D eigenvalue weighted by Gasteiger charge is -2.23. The van der Waals surface area contributed by atoms with Crippen molar-refractivity contribution in [1.29, 1.82) is 0 Å². The second-order valence-corrected chi connectivity index (χ2v) is 6.79. The van der Waals surface area contributed by atoms with Crippen LogP contribution in [0.3, 0.4) is 0 Å². The van der Waals surface area contributed by atoms with E-state index >= 15 is 0 Å². The number of halogens is 2. The number of benzene rings is 1. The molecule has 0 unspecified atom stereocenters. The van der Waals surface area contributed by atoms with Crippen molar-refractivity contribution in [3.8, 4) is 0 Å². The van der Waals surface area contributed by atoms with Crippen LogP contribution in [0, 0.1) is 29.8 Å². The molecule has 0 saturated heterocycles. The molecule has 1 fully saturated rings. The summed E-state index contributed by atoms with van der Waals surface area (Å²) in [6, 6.07) is 4.44. The van der Waals surface area contributed by atoms with Gasteiger partial charge in [0.1, 0.15) is 23.7 Å². The first-order valence-corrected chi connectivity index (χ1v) is 8.58. The summed E-state index contributed by atoms with van der Waals surface area (Å²) >= 11 is 6.08. The van der Waals surface area contributed by atoms with E-state index in [1.807, 2.05) is 0 Å². The van der Waals surface area contributed by atoms with Gasteiger partial charge in [-0.1, -0.05) is 17.7 Å². The van der Waals surface area contributed by atoms with Crippen molar-refractivity contribution in [3.05, 3.63) is 56.1 Å². The van der Waals surface area contributed by atoms with Gasteiger partial charge in [0.25, 0.3) is 0 Å². The lowest BCUT2D eigenvalue weighted by Crippen LogP contribution is -2.36. The van der Waals surface area contributed by atoms with Gasteiger partial charge in [0.2, 0.25) is 5.91 Å². The number of aromatic nitrogens is 2. The molecule has 0 bridgehead atoms. The summed E-state index contributed by atoms with van der Waals surface area (Å²) in [5, 5.41) is 15.5. The van der Waals surface area contributed by atoms with Crippen LogP contribution in [0.4, 0.5) is 10.1 Å². The zero-order valence-electron chi connectivity index (χ0n) is 14.4. The Hall–Kier alpha value is -2.48. The second kappa shape index (κ2) is 7.03. The van der Waals surface area contributed by atoms with E-state index in [0.29, 0.717) is 5.69 Å². The average molecular weight is 381 g/mol. The van der Waals surface area contributed by atoms with Crippen LogP contribution in [-0.4, -0.2) is 31.6 Å². The van der Waals surface area contributed by atoms with Crippen LogP contribution in [0.25, 0.3) is 0 Å². The van der Waals surface area contributed by atoms with E-state index in [9.17, 15) is 19.3 Å². The predicted molar refractivity (Wildman–Crippen MR) is 93.3 cm³/mol. The van der Waals surface area contributed by atoms with Gasteiger partial charge in [-0.3, -0.25) is 19.6 Å². The third-order valence-corrected chi connectivity index (χ3v) is 4.86. The van der Waals surface area contributed by atoms with E-state index in [2.05, 4.69) is 5.10 Å². The number of aryl methyl sites for hydroxylation is 1. The zero-order chi connectivity index (χ0) is 19.0. The highest BCUT2D eigenvalue weighted by atomic mass is 35.5. The van der Waals surface area contributed by atoms with E-state index in [-0.39, 0.29) is 47.0 Å². The summed E-state index contributed by atoms with van der Waals surface area (Å²) in [6.07, 6.45) is 1.68. The van der Waals surface area contributed by atoms with Crippen molar-refractivity contribution in [2.75, 3.05) is 0 Å². The Balaban J connectivity index is 1.83. The minimum Gasteiger partial charge on any atom is -0.334 e. The molecular weight excluding hydrogens is 363 g/mol. The zero-order valence-corrected chi connectivity index (χ0v) is 15.2. The molecule has 9 heteroatoms. The Bertz CT molecular complexity index is 859.